The molecule has 2 heteroatoms. The minimum Gasteiger partial charge on any atom is -0.314 e. The van der Waals surface area contributed by atoms with Crippen LogP contribution in [-0.2, 0) is 0 Å². The Bertz CT molecular complexity index is 323. The van der Waals surface area contributed by atoms with Crippen LogP contribution in [0.25, 0.3) is 0 Å². The molecule has 3 aliphatic carbocycles. The van der Waals surface area contributed by atoms with E-state index in [1.807, 2.05) is 0 Å². The molecule has 4 aliphatic rings. The third-order valence-electron chi connectivity index (χ3n) is 6.94. The zero-order valence-corrected chi connectivity index (χ0v) is 13.0. The topological polar surface area (TPSA) is 15.3 Å². The van der Waals surface area contributed by atoms with Gasteiger partial charge in [0, 0.05) is 6.04 Å². The van der Waals surface area contributed by atoms with E-state index in [0.717, 1.165) is 29.7 Å². The first-order valence-corrected chi connectivity index (χ1v) is 9.37. The lowest BCUT2D eigenvalue weighted by Gasteiger charge is -2.32. The first kappa shape index (κ1) is 13.6. The zero-order chi connectivity index (χ0) is 13.4. The summed E-state index contributed by atoms with van der Waals surface area (Å²) in [5, 5.41) is 3.94. The van der Waals surface area contributed by atoms with Gasteiger partial charge in [-0.25, -0.2) is 0 Å². The molecular formula is C18H32N2. The lowest BCUT2D eigenvalue weighted by atomic mass is 9.79. The fourth-order valence-electron chi connectivity index (χ4n) is 6.08. The standard InChI is InChI=1S/C18H32N2/c1-2-9-20(10-3-1)11-5-8-19-18-13-14-12-17(18)16-7-4-6-15(14)16/h14-19H,1-13H2. The number of hydrogen-bond acceptors (Lipinski definition) is 2. The monoisotopic (exact) mass is 276 g/mol. The molecule has 1 N–H and O–H groups in total. The summed E-state index contributed by atoms with van der Waals surface area (Å²) >= 11 is 0. The quantitative estimate of drug-likeness (QED) is 0.775. The van der Waals surface area contributed by atoms with Gasteiger partial charge in [-0.3, -0.25) is 0 Å². The van der Waals surface area contributed by atoms with Crippen molar-refractivity contribution in [3.8, 4) is 0 Å². The highest BCUT2D eigenvalue weighted by molar-refractivity contribution is 5.05. The lowest BCUT2D eigenvalue weighted by molar-refractivity contribution is 0.199. The van der Waals surface area contributed by atoms with Crippen molar-refractivity contribution in [2.45, 2.75) is 63.8 Å². The maximum Gasteiger partial charge on any atom is 0.0101 e. The molecule has 2 nitrogen and oxygen atoms in total. The van der Waals surface area contributed by atoms with Crippen LogP contribution in [0.1, 0.15) is 57.8 Å². The fourth-order valence-corrected chi connectivity index (χ4v) is 6.08. The van der Waals surface area contributed by atoms with Gasteiger partial charge < -0.3 is 10.2 Å². The van der Waals surface area contributed by atoms with Crippen molar-refractivity contribution < 1.29 is 0 Å². The average Bonchev–Trinajstić information content (AvgIpc) is 3.17. The summed E-state index contributed by atoms with van der Waals surface area (Å²) in [7, 11) is 0. The Morgan fingerprint density at radius 2 is 1.70 bits per heavy atom. The van der Waals surface area contributed by atoms with Crippen molar-refractivity contribution in [1.82, 2.24) is 10.2 Å². The smallest absolute Gasteiger partial charge is 0.0101 e. The molecule has 0 radical (unpaired) electrons. The molecule has 4 rings (SSSR count). The highest BCUT2D eigenvalue weighted by Gasteiger charge is 2.53. The Morgan fingerprint density at radius 1 is 0.850 bits per heavy atom. The van der Waals surface area contributed by atoms with E-state index in [4.69, 9.17) is 0 Å². The van der Waals surface area contributed by atoms with Crippen molar-refractivity contribution in [1.29, 1.82) is 0 Å². The molecular weight excluding hydrogens is 244 g/mol. The summed E-state index contributed by atoms with van der Waals surface area (Å²) in [6.07, 6.45) is 13.4. The second kappa shape index (κ2) is 5.96. The van der Waals surface area contributed by atoms with Crippen LogP contribution in [0.3, 0.4) is 0 Å². The van der Waals surface area contributed by atoms with Crippen LogP contribution in [0, 0.1) is 23.7 Å². The maximum atomic E-state index is 3.94. The second-order valence-corrected chi connectivity index (χ2v) is 7.97. The highest BCUT2D eigenvalue weighted by Crippen LogP contribution is 2.58. The minimum atomic E-state index is 0.890. The average molecular weight is 276 g/mol. The number of rotatable bonds is 5. The molecule has 5 unspecified atom stereocenters. The molecule has 0 aromatic rings. The van der Waals surface area contributed by atoms with E-state index in [2.05, 4.69) is 10.2 Å². The second-order valence-electron chi connectivity index (χ2n) is 7.97. The van der Waals surface area contributed by atoms with E-state index in [1.54, 1.807) is 19.3 Å². The molecule has 5 atom stereocenters. The van der Waals surface area contributed by atoms with Crippen LogP contribution in [0.15, 0.2) is 0 Å². The van der Waals surface area contributed by atoms with E-state index in [0.29, 0.717) is 0 Å². The first-order valence-electron chi connectivity index (χ1n) is 9.37. The van der Waals surface area contributed by atoms with E-state index in [-0.39, 0.29) is 0 Å². The van der Waals surface area contributed by atoms with Gasteiger partial charge in [0.05, 0.1) is 0 Å². The number of nitrogens with zero attached hydrogens (tertiary/aromatic N) is 1. The van der Waals surface area contributed by atoms with Gasteiger partial charge in [0.1, 0.15) is 0 Å². The Hall–Kier alpha value is -0.0800. The molecule has 1 saturated heterocycles. The molecule has 2 bridgehead atoms. The Balaban J connectivity index is 1.18. The largest absolute Gasteiger partial charge is 0.314 e. The number of piperidine rings is 1. The zero-order valence-electron chi connectivity index (χ0n) is 13.0. The summed E-state index contributed by atoms with van der Waals surface area (Å²) < 4.78 is 0. The van der Waals surface area contributed by atoms with Crippen LogP contribution in [-0.4, -0.2) is 37.1 Å². The van der Waals surface area contributed by atoms with E-state index in [1.165, 1.54) is 64.7 Å². The molecule has 3 saturated carbocycles. The van der Waals surface area contributed by atoms with Gasteiger partial charge in [-0.2, -0.15) is 0 Å². The van der Waals surface area contributed by atoms with Gasteiger partial charge in [-0.05, 0) is 94.8 Å². The van der Waals surface area contributed by atoms with E-state index in [9.17, 15) is 0 Å². The molecule has 0 aromatic heterocycles. The molecule has 0 spiro atoms. The molecule has 0 amide bonds. The Kier molecular flexibility index (Phi) is 4.05. The highest BCUT2D eigenvalue weighted by atomic mass is 15.1. The van der Waals surface area contributed by atoms with Crippen LogP contribution in [0.2, 0.25) is 0 Å². The van der Waals surface area contributed by atoms with Gasteiger partial charge in [-0.15, -0.1) is 0 Å². The molecule has 20 heavy (non-hydrogen) atoms. The lowest BCUT2D eigenvalue weighted by Crippen LogP contribution is -2.40. The van der Waals surface area contributed by atoms with E-state index < -0.39 is 0 Å². The van der Waals surface area contributed by atoms with Crippen LogP contribution >= 0.6 is 0 Å². The molecule has 0 aromatic carbocycles. The predicted molar refractivity (Wildman–Crippen MR) is 83.7 cm³/mol. The summed E-state index contributed by atoms with van der Waals surface area (Å²) in [5.74, 6) is 4.43. The number of nitrogens with one attached hydrogen (secondary N) is 1. The fraction of sp³-hybridized carbons (Fsp3) is 1.00. The third kappa shape index (κ3) is 2.54. The van der Waals surface area contributed by atoms with Gasteiger partial charge in [0.15, 0.2) is 0 Å². The Labute approximate surface area is 124 Å². The Morgan fingerprint density at radius 3 is 2.60 bits per heavy atom. The van der Waals surface area contributed by atoms with Crippen LogP contribution in [0.5, 0.6) is 0 Å². The molecule has 4 fully saturated rings. The van der Waals surface area contributed by atoms with Crippen molar-refractivity contribution in [2.75, 3.05) is 26.2 Å². The van der Waals surface area contributed by atoms with Crippen LogP contribution in [0.4, 0.5) is 0 Å². The van der Waals surface area contributed by atoms with Gasteiger partial charge in [0.25, 0.3) is 0 Å². The summed E-state index contributed by atoms with van der Waals surface area (Å²) in [4.78, 5) is 2.68. The molecule has 1 aliphatic heterocycles. The maximum absolute atomic E-state index is 3.94. The normalized spacial score (nSPS) is 44.1. The van der Waals surface area contributed by atoms with Gasteiger partial charge in [-0.1, -0.05) is 12.8 Å². The number of fused-ring (bicyclic) bond motifs is 5. The molecule has 114 valence electrons. The van der Waals surface area contributed by atoms with Crippen molar-refractivity contribution in [3.63, 3.8) is 0 Å². The van der Waals surface area contributed by atoms with Gasteiger partial charge in [0.2, 0.25) is 0 Å². The number of likely N-dealkylation sites (tertiary alicyclic amines) is 1. The SMILES string of the molecule is C1CCN(CCCNC2CC3CC2C2CCCC32)CC1. The van der Waals surface area contributed by atoms with Crippen molar-refractivity contribution in [3.05, 3.63) is 0 Å². The van der Waals surface area contributed by atoms with Crippen LogP contribution < -0.4 is 5.32 Å². The van der Waals surface area contributed by atoms with E-state index >= 15 is 0 Å². The summed E-state index contributed by atoms with van der Waals surface area (Å²) in [6.45, 7) is 5.32. The molecule has 1 heterocycles. The van der Waals surface area contributed by atoms with Crippen molar-refractivity contribution in [2.24, 2.45) is 23.7 Å². The summed E-state index contributed by atoms with van der Waals surface area (Å²) in [6, 6.07) is 0.890. The van der Waals surface area contributed by atoms with Crippen molar-refractivity contribution >= 4 is 0 Å². The number of hydrogen-bond donors (Lipinski definition) is 1. The summed E-state index contributed by atoms with van der Waals surface area (Å²) in [5.41, 5.74) is 0. The first-order chi connectivity index (χ1) is 9.92. The minimum absolute atomic E-state index is 0.890. The third-order valence-corrected chi connectivity index (χ3v) is 6.94. The van der Waals surface area contributed by atoms with Gasteiger partial charge >= 0.3 is 0 Å². The predicted octanol–water partition coefficient (Wildman–Crippen LogP) is 3.28.